The van der Waals surface area contributed by atoms with E-state index in [0.29, 0.717) is 29.2 Å². The first kappa shape index (κ1) is 22.5. The van der Waals surface area contributed by atoms with Crippen molar-refractivity contribution >= 4 is 50.2 Å². The van der Waals surface area contributed by atoms with E-state index in [1.54, 1.807) is 23.8 Å². The zero-order valence-electron chi connectivity index (χ0n) is 17.4. The van der Waals surface area contributed by atoms with E-state index >= 15 is 0 Å². The molecule has 0 fully saturated rings. The lowest BCUT2D eigenvalue weighted by Crippen LogP contribution is -2.28. The molecule has 1 heterocycles. The van der Waals surface area contributed by atoms with Crippen LogP contribution in [0.1, 0.15) is 18.1 Å². The summed E-state index contributed by atoms with van der Waals surface area (Å²) in [5.41, 5.74) is 3.38. The maximum absolute atomic E-state index is 13.1. The van der Waals surface area contributed by atoms with Crippen molar-refractivity contribution in [2.75, 3.05) is 19.0 Å². The molecule has 0 radical (unpaired) electrons. The van der Waals surface area contributed by atoms with Gasteiger partial charge in [-0.15, -0.1) is 0 Å². The van der Waals surface area contributed by atoms with Gasteiger partial charge in [0.15, 0.2) is 5.16 Å². The molecule has 30 heavy (non-hydrogen) atoms. The Kier molecular flexibility index (Phi) is 7.33. The Labute approximate surface area is 188 Å². The van der Waals surface area contributed by atoms with Crippen LogP contribution in [0.4, 0.5) is 5.69 Å². The molecule has 3 rings (SSSR count). The van der Waals surface area contributed by atoms with Crippen LogP contribution in [0, 0.1) is 13.8 Å². The number of fused-ring (bicyclic) bond motifs is 1. The zero-order chi connectivity index (χ0) is 21.8. The van der Waals surface area contributed by atoms with Crippen LogP contribution in [0.3, 0.4) is 0 Å². The number of nitrogens with one attached hydrogen (secondary N) is 1. The number of aromatic nitrogens is 2. The van der Waals surface area contributed by atoms with Crippen LogP contribution in [0.15, 0.2) is 50.8 Å². The predicted molar refractivity (Wildman–Crippen MR) is 125 cm³/mol. The molecule has 0 aliphatic heterocycles. The van der Waals surface area contributed by atoms with Crippen molar-refractivity contribution < 1.29 is 9.53 Å². The van der Waals surface area contributed by atoms with Crippen LogP contribution < -0.4 is 10.9 Å². The quantitative estimate of drug-likeness (QED) is 0.389. The fourth-order valence-corrected chi connectivity index (χ4v) is 4.34. The van der Waals surface area contributed by atoms with Crippen molar-refractivity contribution in [3.05, 3.63) is 62.4 Å². The second-order valence-electron chi connectivity index (χ2n) is 7.07. The van der Waals surface area contributed by atoms with Crippen molar-refractivity contribution in [3.63, 3.8) is 0 Å². The molecule has 8 heteroatoms. The molecule has 2 aromatic carbocycles. The van der Waals surface area contributed by atoms with Crippen molar-refractivity contribution in [1.29, 1.82) is 0 Å². The van der Waals surface area contributed by atoms with Crippen LogP contribution in [0.25, 0.3) is 10.9 Å². The summed E-state index contributed by atoms with van der Waals surface area (Å²) in [7, 11) is 1.59. The molecule has 0 saturated carbocycles. The number of carbonyl (C=O) groups is 1. The average molecular weight is 490 g/mol. The topological polar surface area (TPSA) is 73.2 Å². The molecule has 1 aromatic heterocycles. The first-order valence-corrected chi connectivity index (χ1v) is 11.2. The summed E-state index contributed by atoms with van der Waals surface area (Å²) in [4.78, 5) is 30.5. The van der Waals surface area contributed by atoms with Gasteiger partial charge >= 0.3 is 0 Å². The van der Waals surface area contributed by atoms with Crippen molar-refractivity contribution in [3.8, 4) is 0 Å². The summed E-state index contributed by atoms with van der Waals surface area (Å²) in [5.74, 6) is -0.143. The van der Waals surface area contributed by atoms with E-state index in [1.165, 1.54) is 11.8 Å². The second kappa shape index (κ2) is 9.76. The van der Waals surface area contributed by atoms with Crippen molar-refractivity contribution in [2.24, 2.45) is 0 Å². The molecule has 0 aliphatic carbocycles. The van der Waals surface area contributed by atoms with E-state index in [9.17, 15) is 9.59 Å². The molecule has 0 spiro atoms. The van der Waals surface area contributed by atoms with E-state index in [1.807, 2.05) is 45.0 Å². The van der Waals surface area contributed by atoms with E-state index in [4.69, 9.17) is 4.74 Å². The molecule has 1 amide bonds. The Morgan fingerprint density at radius 2 is 2.03 bits per heavy atom. The van der Waals surface area contributed by atoms with Crippen LogP contribution in [-0.4, -0.2) is 34.4 Å². The molecular weight excluding hydrogens is 466 g/mol. The van der Waals surface area contributed by atoms with Gasteiger partial charge in [0.05, 0.1) is 29.3 Å². The van der Waals surface area contributed by atoms with E-state index < -0.39 is 5.25 Å². The molecular formula is C22H24BrN3O3S. The minimum Gasteiger partial charge on any atom is -0.383 e. The number of rotatable bonds is 7. The van der Waals surface area contributed by atoms with Crippen molar-refractivity contribution in [2.45, 2.75) is 37.7 Å². The number of ether oxygens (including phenoxy) is 1. The van der Waals surface area contributed by atoms with Gasteiger partial charge in [0, 0.05) is 17.3 Å². The van der Waals surface area contributed by atoms with Gasteiger partial charge < -0.3 is 10.1 Å². The second-order valence-corrected chi connectivity index (χ2v) is 9.30. The Balaban J connectivity index is 1.90. The number of hydrogen-bond donors (Lipinski definition) is 1. The molecule has 1 unspecified atom stereocenters. The summed E-state index contributed by atoms with van der Waals surface area (Å²) in [6.07, 6.45) is 0. The van der Waals surface area contributed by atoms with Crippen molar-refractivity contribution in [1.82, 2.24) is 9.55 Å². The van der Waals surface area contributed by atoms with Gasteiger partial charge in [0.2, 0.25) is 5.91 Å². The number of carbonyl (C=O) groups excluding carboxylic acids is 1. The summed E-state index contributed by atoms with van der Waals surface area (Å²) >= 11 is 4.67. The average Bonchev–Trinajstić information content (AvgIpc) is 2.70. The minimum atomic E-state index is -0.445. The Morgan fingerprint density at radius 3 is 2.73 bits per heavy atom. The van der Waals surface area contributed by atoms with Gasteiger partial charge in [0.1, 0.15) is 0 Å². The minimum absolute atomic E-state index is 0.143. The lowest BCUT2D eigenvalue weighted by Gasteiger charge is -2.17. The van der Waals surface area contributed by atoms with E-state index in [0.717, 1.165) is 21.3 Å². The molecule has 0 bridgehead atoms. The van der Waals surface area contributed by atoms with Crippen LogP contribution >= 0.6 is 27.7 Å². The third-order valence-electron chi connectivity index (χ3n) is 4.69. The van der Waals surface area contributed by atoms with Gasteiger partial charge in [-0.25, -0.2) is 4.98 Å². The van der Waals surface area contributed by atoms with Gasteiger partial charge in [-0.3, -0.25) is 14.2 Å². The number of methoxy groups -OCH3 is 1. The highest BCUT2D eigenvalue weighted by molar-refractivity contribution is 9.10. The number of thioether (sulfide) groups is 1. The van der Waals surface area contributed by atoms with E-state index in [-0.39, 0.29) is 11.5 Å². The van der Waals surface area contributed by atoms with E-state index in [2.05, 4.69) is 26.2 Å². The first-order chi connectivity index (χ1) is 14.3. The first-order valence-electron chi connectivity index (χ1n) is 9.54. The lowest BCUT2D eigenvalue weighted by molar-refractivity contribution is -0.115. The zero-order valence-corrected chi connectivity index (χ0v) is 19.8. The Bertz CT molecular complexity index is 1150. The molecule has 1 atom stereocenters. The summed E-state index contributed by atoms with van der Waals surface area (Å²) in [6, 6.07) is 11.3. The van der Waals surface area contributed by atoms with Gasteiger partial charge in [-0.05, 0) is 50.6 Å². The third kappa shape index (κ3) is 5.11. The smallest absolute Gasteiger partial charge is 0.262 e. The lowest BCUT2D eigenvalue weighted by atomic mass is 10.1. The highest BCUT2D eigenvalue weighted by atomic mass is 79.9. The summed E-state index contributed by atoms with van der Waals surface area (Å²) < 4.78 is 7.55. The normalized spacial score (nSPS) is 12.2. The fourth-order valence-electron chi connectivity index (χ4n) is 3.04. The largest absolute Gasteiger partial charge is 0.383 e. The number of benzene rings is 2. The molecule has 3 aromatic rings. The number of amides is 1. The Morgan fingerprint density at radius 1 is 1.27 bits per heavy atom. The number of nitrogens with zero attached hydrogens (tertiary/aromatic N) is 2. The number of aryl methyl sites for hydroxylation is 2. The number of hydrogen-bond acceptors (Lipinski definition) is 5. The summed E-state index contributed by atoms with van der Waals surface area (Å²) in [5, 5.41) is 3.55. The summed E-state index contributed by atoms with van der Waals surface area (Å²) in [6.45, 7) is 6.52. The molecule has 0 saturated heterocycles. The number of halogens is 1. The standard InChI is InChI=1S/C22H24BrN3O3S/c1-13-5-7-18(14(2)11-13)24-20(27)15(3)30-22-25-19-8-6-16(23)12-17(19)21(28)26(22)9-10-29-4/h5-8,11-12,15H,9-10H2,1-4H3,(H,24,27). The van der Waals surface area contributed by atoms with Crippen LogP contribution in [0.5, 0.6) is 0 Å². The van der Waals surface area contributed by atoms with Gasteiger partial charge in [-0.2, -0.15) is 0 Å². The van der Waals surface area contributed by atoms with Crippen LogP contribution in [0.2, 0.25) is 0 Å². The highest BCUT2D eigenvalue weighted by Crippen LogP contribution is 2.25. The van der Waals surface area contributed by atoms with Gasteiger partial charge in [0.25, 0.3) is 5.56 Å². The molecule has 1 N–H and O–H groups in total. The Hall–Kier alpha value is -2.16. The SMILES string of the molecule is COCCn1c(SC(C)C(=O)Nc2ccc(C)cc2C)nc2ccc(Br)cc2c1=O. The van der Waals surface area contributed by atoms with Crippen LogP contribution in [-0.2, 0) is 16.1 Å². The molecule has 0 aliphatic rings. The maximum atomic E-state index is 13.1. The number of anilines is 1. The molecule has 6 nitrogen and oxygen atoms in total. The molecule has 158 valence electrons. The predicted octanol–water partition coefficient (Wildman–Crippen LogP) is 4.54. The maximum Gasteiger partial charge on any atom is 0.262 e. The third-order valence-corrected chi connectivity index (χ3v) is 6.27. The fraction of sp³-hybridized carbons (Fsp3) is 0.318. The van der Waals surface area contributed by atoms with Gasteiger partial charge in [-0.1, -0.05) is 45.4 Å². The monoisotopic (exact) mass is 489 g/mol. The highest BCUT2D eigenvalue weighted by Gasteiger charge is 2.20.